The maximum Gasteiger partial charge on any atom is 0.239 e. The molecule has 6 nitrogen and oxygen atoms in total. The zero-order valence-electron chi connectivity index (χ0n) is 12.4. The number of nitrogens with one attached hydrogen (secondary N) is 1. The van der Waals surface area contributed by atoms with Gasteiger partial charge < -0.3 is 19.4 Å². The third-order valence-corrected chi connectivity index (χ3v) is 3.41. The lowest BCUT2D eigenvalue weighted by atomic mass is 10.2. The van der Waals surface area contributed by atoms with Gasteiger partial charge in [-0.1, -0.05) is 0 Å². The van der Waals surface area contributed by atoms with Crippen LogP contribution in [0.15, 0.2) is 12.1 Å². The summed E-state index contributed by atoms with van der Waals surface area (Å²) >= 11 is 6.18. The summed E-state index contributed by atoms with van der Waals surface area (Å²) < 4.78 is 12.4. The SMILES string of the molecule is CNC(=O)Cn1c(C(C)Cl)nc2cc(OC)c(OC)cc21. The number of alkyl halides is 1. The van der Waals surface area contributed by atoms with Crippen LogP contribution >= 0.6 is 11.6 Å². The van der Waals surface area contributed by atoms with Crippen LogP contribution in [0.3, 0.4) is 0 Å². The molecule has 1 aromatic heterocycles. The van der Waals surface area contributed by atoms with Crippen molar-refractivity contribution in [3.63, 3.8) is 0 Å². The molecule has 0 spiro atoms. The Kier molecular flexibility index (Phi) is 4.57. The van der Waals surface area contributed by atoms with Crippen LogP contribution in [0.2, 0.25) is 0 Å². The molecule has 114 valence electrons. The number of methoxy groups -OCH3 is 2. The second kappa shape index (κ2) is 6.22. The highest BCUT2D eigenvalue weighted by Gasteiger charge is 2.19. The molecule has 2 aromatic rings. The molecule has 0 aliphatic heterocycles. The summed E-state index contributed by atoms with van der Waals surface area (Å²) in [5, 5.41) is 2.28. The summed E-state index contributed by atoms with van der Waals surface area (Å²) in [6.45, 7) is 1.96. The van der Waals surface area contributed by atoms with Gasteiger partial charge in [0.05, 0.1) is 30.6 Å². The molecule has 2 rings (SSSR count). The highest BCUT2D eigenvalue weighted by Crippen LogP contribution is 2.34. The van der Waals surface area contributed by atoms with Crippen molar-refractivity contribution in [3.8, 4) is 11.5 Å². The van der Waals surface area contributed by atoms with E-state index in [1.807, 2.05) is 6.92 Å². The van der Waals surface area contributed by atoms with Crippen LogP contribution in [0.1, 0.15) is 18.1 Å². The van der Waals surface area contributed by atoms with Gasteiger partial charge in [-0.15, -0.1) is 11.6 Å². The number of amides is 1. The number of likely N-dealkylation sites (N-methyl/N-ethyl adjacent to an activating group) is 1. The molecular weight excluding hydrogens is 294 g/mol. The molecule has 1 N–H and O–H groups in total. The third-order valence-electron chi connectivity index (χ3n) is 3.22. The van der Waals surface area contributed by atoms with Crippen LogP contribution in [0, 0.1) is 0 Å². The van der Waals surface area contributed by atoms with E-state index in [1.165, 1.54) is 0 Å². The number of fused-ring (bicyclic) bond motifs is 1. The van der Waals surface area contributed by atoms with Crippen LogP contribution in [-0.2, 0) is 11.3 Å². The number of ether oxygens (including phenoxy) is 2. The van der Waals surface area contributed by atoms with Gasteiger partial charge in [0.25, 0.3) is 0 Å². The molecule has 0 saturated heterocycles. The summed E-state index contributed by atoms with van der Waals surface area (Å²) in [4.78, 5) is 16.2. The zero-order chi connectivity index (χ0) is 15.6. The molecule has 1 aromatic carbocycles. The minimum Gasteiger partial charge on any atom is -0.493 e. The summed E-state index contributed by atoms with van der Waals surface area (Å²) in [6, 6.07) is 3.57. The zero-order valence-corrected chi connectivity index (χ0v) is 13.2. The van der Waals surface area contributed by atoms with E-state index in [2.05, 4.69) is 10.3 Å². The number of nitrogens with zero attached hydrogens (tertiary/aromatic N) is 2. The Hall–Kier alpha value is -1.95. The Bertz CT molecular complexity index is 667. The maximum absolute atomic E-state index is 11.7. The van der Waals surface area contributed by atoms with E-state index in [9.17, 15) is 4.79 Å². The van der Waals surface area contributed by atoms with Crippen molar-refractivity contribution in [1.29, 1.82) is 0 Å². The molecule has 21 heavy (non-hydrogen) atoms. The first-order chi connectivity index (χ1) is 10.0. The predicted octanol–water partition coefficient (Wildman–Crippen LogP) is 2.10. The molecule has 1 heterocycles. The topological polar surface area (TPSA) is 65.4 Å². The van der Waals surface area contributed by atoms with Crippen LogP contribution < -0.4 is 14.8 Å². The van der Waals surface area contributed by atoms with Gasteiger partial charge in [0.1, 0.15) is 12.4 Å². The number of carbonyl (C=O) groups excluding carboxylic acids is 1. The minimum absolute atomic E-state index is 0.123. The van der Waals surface area contributed by atoms with Gasteiger partial charge in [0.15, 0.2) is 11.5 Å². The highest BCUT2D eigenvalue weighted by atomic mass is 35.5. The highest BCUT2D eigenvalue weighted by molar-refractivity contribution is 6.20. The Morgan fingerprint density at radius 1 is 1.38 bits per heavy atom. The molecule has 0 fully saturated rings. The Balaban J connectivity index is 2.66. The normalized spacial score (nSPS) is 12.2. The average Bonchev–Trinajstić information content (AvgIpc) is 2.83. The molecule has 0 radical (unpaired) electrons. The Morgan fingerprint density at radius 3 is 2.52 bits per heavy atom. The number of halogens is 1. The van der Waals surface area contributed by atoms with E-state index in [4.69, 9.17) is 21.1 Å². The lowest BCUT2D eigenvalue weighted by molar-refractivity contribution is -0.121. The van der Waals surface area contributed by atoms with Gasteiger partial charge >= 0.3 is 0 Å². The van der Waals surface area contributed by atoms with Crippen LogP contribution in [0.5, 0.6) is 11.5 Å². The smallest absolute Gasteiger partial charge is 0.239 e. The largest absolute Gasteiger partial charge is 0.493 e. The van der Waals surface area contributed by atoms with Crippen molar-refractivity contribution < 1.29 is 14.3 Å². The number of rotatable bonds is 5. The van der Waals surface area contributed by atoms with E-state index in [1.54, 1.807) is 38.0 Å². The number of benzene rings is 1. The quantitative estimate of drug-likeness (QED) is 0.859. The number of aromatic nitrogens is 2. The maximum atomic E-state index is 11.7. The van der Waals surface area contributed by atoms with E-state index >= 15 is 0 Å². The van der Waals surface area contributed by atoms with Gasteiger partial charge in [-0.2, -0.15) is 0 Å². The second-order valence-corrected chi connectivity index (χ2v) is 5.20. The summed E-state index contributed by atoms with van der Waals surface area (Å²) in [7, 11) is 4.72. The molecule has 0 saturated carbocycles. The first-order valence-electron chi connectivity index (χ1n) is 6.48. The first-order valence-corrected chi connectivity index (χ1v) is 6.92. The molecule has 1 atom stereocenters. The molecule has 0 aliphatic rings. The molecular formula is C14H18ClN3O3. The van der Waals surface area contributed by atoms with E-state index in [-0.39, 0.29) is 17.8 Å². The molecule has 7 heteroatoms. The lowest BCUT2D eigenvalue weighted by Crippen LogP contribution is -2.24. The van der Waals surface area contributed by atoms with Crippen molar-refractivity contribution in [2.75, 3.05) is 21.3 Å². The van der Waals surface area contributed by atoms with E-state index < -0.39 is 0 Å². The minimum atomic E-state index is -0.320. The summed E-state index contributed by atoms with van der Waals surface area (Å²) in [6.07, 6.45) is 0. The average molecular weight is 312 g/mol. The van der Waals surface area contributed by atoms with Gasteiger partial charge in [0, 0.05) is 19.2 Å². The fraction of sp³-hybridized carbons (Fsp3) is 0.429. The first kappa shape index (κ1) is 15.4. The molecule has 1 amide bonds. The van der Waals surface area contributed by atoms with Crippen molar-refractivity contribution in [3.05, 3.63) is 18.0 Å². The lowest BCUT2D eigenvalue weighted by Gasteiger charge is -2.11. The van der Waals surface area contributed by atoms with Gasteiger partial charge in [-0.25, -0.2) is 4.98 Å². The summed E-state index contributed by atoms with van der Waals surface area (Å²) in [5.74, 6) is 1.67. The molecule has 0 aliphatic carbocycles. The van der Waals surface area contributed by atoms with Crippen molar-refractivity contribution in [2.45, 2.75) is 18.8 Å². The monoisotopic (exact) mass is 311 g/mol. The van der Waals surface area contributed by atoms with Gasteiger partial charge in [0.2, 0.25) is 5.91 Å². The van der Waals surface area contributed by atoms with E-state index in [0.717, 1.165) is 5.52 Å². The molecule has 1 unspecified atom stereocenters. The van der Waals surface area contributed by atoms with Gasteiger partial charge in [-0.3, -0.25) is 4.79 Å². The van der Waals surface area contributed by atoms with Crippen LogP contribution in [-0.4, -0.2) is 36.7 Å². The van der Waals surface area contributed by atoms with E-state index in [0.29, 0.717) is 22.8 Å². The van der Waals surface area contributed by atoms with Crippen LogP contribution in [0.4, 0.5) is 0 Å². The van der Waals surface area contributed by atoms with Crippen molar-refractivity contribution >= 4 is 28.5 Å². The van der Waals surface area contributed by atoms with Crippen molar-refractivity contribution in [2.24, 2.45) is 0 Å². The fourth-order valence-corrected chi connectivity index (χ4v) is 2.33. The predicted molar refractivity (Wildman–Crippen MR) is 81.2 cm³/mol. The number of hydrogen-bond donors (Lipinski definition) is 1. The number of carbonyl (C=O) groups is 1. The Morgan fingerprint density at radius 2 is 2.00 bits per heavy atom. The van der Waals surface area contributed by atoms with Gasteiger partial charge in [-0.05, 0) is 6.92 Å². The van der Waals surface area contributed by atoms with Crippen LogP contribution in [0.25, 0.3) is 11.0 Å². The second-order valence-electron chi connectivity index (χ2n) is 4.54. The van der Waals surface area contributed by atoms with Crippen molar-refractivity contribution in [1.82, 2.24) is 14.9 Å². The third kappa shape index (κ3) is 2.90. The fourth-order valence-electron chi connectivity index (χ4n) is 2.16. The molecule has 0 bridgehead atoms. The number of hydrogen-bond acceptors (Lipinski definition) is 4. The standard InChI is InChI=1S/C14H18ClN3O3/c1-8(15)14-17-9-5-11(20-3)12(21-4)6-10(9)18(14)7-13(19)16-2/h5-6,8H,7H2,1-4H3,(H,16,19). The number of imidazole rings is 1. The summed E-state index contributed by atoms with van der Waals surface area (Å²) in [5.41, 5.74) is 1.48. The Labute approximate surface area is 128 Å².